The molecule has 0 fully saturated rings. The predicted octanol–water partition coefficient (Wildman–Crippen LogP) is 3.86. The summed E-state index contributed by atoms with van der Waals surface area (Å²) < 4.78 is 35.2. The lowest BCUT2D eigenvalue weighted by Gasteiger charge is -2.15. The van der Waals surface area contributed by atoms with Crippen LogP contribution in [0.3, 0.4) is 0 Å². The first-order valence-electron chi connectivity index (χ1n) is 8.03. The highest BCUT2D eigenvalue weighted by atomic mass is 79.9. The number of anilines is 2. The van der Waals surface area contributed by atoms with E-state index in [1.54, 1.807) is 18.3 Å². The van der Waals surface area contributed by atoms with Crippen LogP contribution in [-0.4, -0.2) is 22.6 Å². The van der Waals surface area contributed by atoms with Crippen molar-refractivity contribution in [2.75, 3.05) is 12.4 Å². The van der Waals surface area contributed by atoms with Gasteiger partial charge in [-0.15, -0.1) is 0 Å². The summed E-state index contributed by atoms with van der Waals surface area (Å²) in [7, 11) is 1.13. The van der Waals surface area contributed by atoms with Gasteiger partial charge in [0.15, 0.2) is 0 Å². The maximum absolute atomic E-state index is 14.9. The summed E-state index contributed by atoms with van der Waals surface area (Å²) in [6, 6.07) is 7.43. The van der Waals surface area contributed by atoms with Gasteiger partial charge >= 0.3 is 5.97 Å². The van der Waals surface area contributed by atoms with Crippen molar-refractivity contribution in [1.82, 2.24) is 9.55 Å². The maximum atomic E-state index is 14.9. The molecule has 0 radical (unpaired) electrons. The minimum Gasteiger partial charge on any atom is -0.465 e. The van der Waals surface area contributed by atoms with Crippen molar-refractivity contribution in [2.45, 2.75) is 6.54 Å². The fraction of sp³-hybridized carbons (Fsp3) is 0.105. The van der Waals surface area contributed by atoms with Crippen LogP contribution < -0.4 is 10.9 Å². The van der Waals surface area contributed by atoms with E-state index < -0.39 is 28.9 Å². The fourth-order valence-corrected chi connectivity index (χ4v) is 2.88. The number of aromatic nitrogens is 2. The number of hydrogen-bond donors (Lipinski definition) is 1. The van der Waals surface area contributed by atoms with Gasteiger partial charge in [-0.05, 0) is 29.8 Å². The number of nitrogens with zero attached hydrogens (tertiary/aromatic N) is 2. The summed E-state index contributed by atoms with van der Waals surface area (Å²) in [6.45, 7) is 0.000508. The normalized spacial score (nSPS) is 10.6. The number of rotatable bonds is 5. The Labute approximate surface area is 166 Å². The van der Waals surface area contributed by atoms with Gasteiger partial charge in [-0.2, -0.15) is 4.39 Å². The summed E-state index contributed by atoms with van der Waals surface area (Å²) in [5, 5.41) is 2.49. The van der Waals surface area contributed by atoms with Crippen molar-refractivity contribution in [1.29, 1.82) is 0 Å². The molecule has 0 atom stereocenters. The highest BCUT2D eigenvalue weighted by molar-refractivity contribution is 9.10. The van der Waals surface area contributed by atoms with E-state index in [-0.39, 0.29) is 17.8 Å². The average Bonchev–Trinajstić information content (AvgIpc) is 2.69. The predicted molar refractivity (Wildman–Crippen MR) is 103 cm³/mol. The molecule has 9 heteroatoms. The minimum atomic E-state index is -1.23. The molecule has 1 aromatic carbocycles. The molecule has 0 saturated heterocycles. The summed E-state index contributed by atoms with van der Waals surface area (Å²) in [5.74, 6) is -2.79. The van der Waals surface area contributed by atoms with Crippen molar-refractivity contribution >= 4 is 33.3 Å². The molecule has 2 heterocycles. The lowest BCUT2D eigenvalue weighted by Crippen LogP contribution is -2.27. The summed E-state index contributed by atoms with van der Waals surface area (Å²) in [6.07, 6.45) is 4.25. The van der Waals surface area contributed by atoms with Crippen LogP contribution in [0.2, 0.25) is 0 Å². The van der Waals surface area contributed by atoms with Crippen LogP contribution in [0.5, 0.6) is 0 Å². The molecule has 3 rings (SSSR count). The van der Waals surface area contributed by atoms with Crippen molar-refractivity contribution in [3.8, 4) is 0 Å². The van der Waals surface area contributed by atoms with Gasteiger partial charge in [-0.25, -0.2) is 9.18 Å². The molecule has 3 aromatic rings. The second kappa shape index (κ2) is 8.30. The molecule has 28 heavy (non-hydrogen) atoms. The number of esters is 1. The average molecular weight is 450 g/mol. The van der Waals surface area contributed by atoms with Crippen LogP contribution in [-0.2, 0) is 11.3 Å². The van der Waals surface area contributed by atoms with E-state index in [2.05, 4.69) is 31.0 Å². The highest BCUT2D eigenvalue weighted by Crippen LogP contribution is 2.27. The number of methoxy groups -OCH3 is 1. The van der Waals surface area contributed by atoms with Crippen molar-refractivity contribution < 1.29 is 18.3 Å². The molecular formula is C19H14BrF2N3O3. The Morgan fingerprint density at radius 2 is 2.11 bits per heavy atom. The third kappa shape index (κ3) is 4.09. The third-order valence-corrected chi connectivity index (χ3v) is 4.39. The molecule has 2 aromatic heterocycles. The molecule has 0 amide bonds. The largest absolute Gasteiger partial charge is 0.465 e. The zero-order valence-electron chi connectivity index (χ0n) is 14.6. The van der Waals surface area contributed by atoms with Gasteiger partial charge in [-0.3, -0.25) is 9.78 Å². The number of ether oxygens (including phenoxy) is 1. The first-order chi connectivity index (χ1) is 13.4. The minimum absolute atomic E-state index is 0.000508. The molecule has 1 N–H and O–H groups in total. The molecule has 0 unspecified atom stereocenters. The van der Waals surface area contributed by atoms with Gasteiger partial charge in [-0.1, -0.05) is 22.0 Å². The quantitative estimate of drug-likeness (QED) is 0.598. The van der Waals surface area contributed by atoms with Gasteiger partial charge in [0.1, 0.15) is 11.4 Å². The van der Waals surface area contributed by atoms with E-state index in [1.807, 2.05) is 0 Å². The van der Waals surface area contributed by atoms with E-state index >= 15 is 0 Å². The molecule has 0 saturated carbocycles. The van der Waals surface area contributed by atoms with E-state index in [1.165, 1.54) is 30.6 Å². The van der Waals surface area contributed by atoms with Crippen LogP contribution in [0.15, 0.2) is 58.2 Å². The summed E-state index contributed by atoms with van der Waals surface area (Å²) in [4.78, 5) is 28.6. The Hall–Kier alpha value is -3.07. The van der Waals surface area contributed by atoms with Crippen molar-refractivity contribution in [3.05, 3.63) is 86.5 Å². The first kappa shape index (κ1) is 19.7. The third-order valence-electron chi connectivity index (χ3n) is 3.89. The second-order valence-corrected chi connectivity index (χ2v) is 6.68. The number of carbonyl (C=O) groups excluding carboxylic acids is 1. The lowest BCUT2D eigenvalue weighted by molar-refractivity contribution is 0.0600. The Balaban J connectivity index is 2.10. The van der Waals surface area contributed by atoms with Crippen LogP contribution in [0.25, 0.3) is 0 Å². The number of nitrogens with one attached hydrogen (secondary N) is 1. The summed E-state index contributed by atoms with van der Waals surface area (Å²) in [5.41, 5.74) is -1.14. The smallest absolute Gasteiger partial charge is 0.341 e. The van der Waals surface area contributed by atoms with E-state index in [4.69, 9.17) is 0 Å². The number of pyridine rings is 2. The zero-order valence-corrected chi connectivity index (χ0v) is 16.2. The molecule has 0 aliphatic rings. The molecule has 0 aliphatic carbocycles. The van der Waals surface area contributed by atoms with E-state index in [0.717, 1.165) is 11.7 Å². The van der Waals surface area contributed by atoms with Crippen LogP contribution in [0.4, 0.5) is 20.2 Å². The highest BCUT2D eigenvalue weighted by Gasteiger charge is 2.22. The molecular weight excluding hydrogens is 436 g/mol. The second-order valence-electron chi connectivity index (χ2n) is 5.77. The number of benzene rings is 1. The van der Waals surface area contributed by atoms with Crippen LogP contribution in [0, 0.1) is 11.6 Å². The van der Waals surface area contributed by atoms with Gasteiger partial charge in [0, 0.05) is 23.1 Å². The van der Waals surface area contributed by atoms with Gasteiger partial charge in [0.05, 0.1) is 25.0 Å². The van der Waals surface area contributed by atoms with Gasteiger partial charge < -0.3 is 14.6 Å². The monoisotopic (exact) mass is 449 g/mol. The maximum Gasteiger partial charge on any atom is 0.341 e. The Kier molecular flexibility index (Phi) is 5.84. The zero-order chi connectivity index (χ0) is 20.3. The van der Waals surface area contributed by atoms with E-state index in [0.29, 0.717) is 10.0 Å². The lowest BCUT2D eigenvalue weighted by atomic mass is 10.2. The van der Waals surface area contributed by atoms with Crippen LogP contribution in [0.1, 0.15) is 15.9 Å². The van der Waals surface area contributed by atoms with Crippen molar-refractivity contribution in [3.63, 3.8) is 0 Å². The Bertz CT molecular complexity index is 1090. The molecule has 144 valence electrons. The van der Waals surface area contributed by atoms with Gasteiger partial charge in [0.25, 0.3) is 5.56 Å². The van der Waals surface area contributed by atoms with E-state index in [9.17, 15) is 18.4 Å². The number of carbonyl (C=O) groups is 1. The Morgan fingerprint density at radius 3 is 2.75 bits per heavy atom. The fourth-order valence-electron chi connectivity index (χ4n) is 2.55. The Morgan fingerprint density at radius 1 is 1.32 bits per heavy atom. The topological polar surface area (TPSA) is 73.2 Å². The molecule has 0 aliphatic heterocycles. The summed E-state index contributed by atoms with van der Waals surface area (Å²) >= 11 is 3.12. The van der Waals surface area contributed by atoms with Crippen LogP contribution >= 0.6 is 15.9 Å². The SMILES string of the molecule is COC(=O)c1cn(Cc2cccnc2)c(=O)c(F)c1Nc1ccc(Br)cc1F. The molecule has 6 nitrogen and oxygen atoms in total. The number of hydrogen-bond acceptors (Lipinski definition) is 5. The molecule has 0 spiro atoms. The number of halogens is 3. The first-order valence-corrected chi connectivity index (χ1v) is 8.82. The standard InChI is InChI=1S/C19H14BrF2N3O3/c1-28-19(27)13-10-25(9-11-3-2-6-23-8-11)18(26)16(22)17(13)24-15-5-4-12(20)7-14(15)21/h2-8,10,24H,9H2,1H3. The molecule has 0 bridgehead atoms. The van der Waals surface area contributed by atoms with Crippen molar-refractivity contribution in [2.24, 2.45) is 0 Å². The van der Waals surface area contributed by atoms with Gasteiger partial charge in [0.2, 0.25) is 5.82 Å².